The summed E-state index contributed by atoms with van der Waals surface area (Å²) in [6.45, 7) is 3.60. The first kappa shape index (κ1) is 9.45. The Balaban J connectivity index is 2.79. The van der Waals surface area contributed by atoms with Gasteiger partial charge in [0, 0.05) is 6.20 Å². The Hall–Kier alpha value is -1.64. The third kappa shape index (κ3) is 2.71. The standard InChI is InChI=1S/C10H11NO2/c1-2-3-4-8-5-6-11-9(7-8)10(12)13/h2,5-7H,1,3-4H2,(H,12,13). The number of aromatic carboxylic acids is 1. The molecule has 0 bridgehead atoms. The summed E-state index contributed by atoms with van der Waals surface area (Å²) in [5, 5.41) is 8.65. The van der Waals surface area contributed by atoms with Gasteiger partial charge in [-0.3, -0.25) is 0 Å². The number of carboxylic acid groups (broad SMARTS) is 1. The van der Waals surface area contributed by atoms with Crippen LogP contribution in [0.15, 0.2) is 31.0 Å². The molecule has 0 amide bonds. The molecule has 13 heavy (non-hydrogen) atoms. The molecule has 0 saturated carbocycles. The predicted molar refractivity (Wildman–Crippen MR) is 49.7 cm³/mol. The second kappa shape index (κ2) is 4.40. The molecule has 0 aliphatic heterocycles. The van der Waals surface area contributed by atoms with Gasteiger partial charge in [0.05, 0.1) is 0 Å². The van der Waals surface area contributed by atoms with Gasteiger partial charge in [0.25, 0.3) is 0 Å². The fourth-order valence-corrected chi connectivity index (χ4v) is 1.02. The van der Waals surface area contributed by atoms with Crippen molar-refractivity contribution in [2.75, 3.05) is 0 Å². The van der Waals surface area contributed by atoms with Crippen LogP contribution < -0.4 is 0 Å². The summed E-state index contributed by atoms with van der Waals surface area (Å²) in [6, 6.07) is 3.40. The molecule has 1 heterocycles. The summed E-state index contributed by atoms with van der Waals surface area (Å²) in [5.41, 5.74) is 1.08. The number of hydrogen-bond donors (Lipinski definition) is 1. The van der Waals surface area contributed by atoms with E-state index in [0.29, 0.717) is 0 Å². The van der Waals surface area contributed by atoms with Crippen molar-refractivity contribution in [2.45, 2.75) is 12.8 Å². The number of aryl methyl sites for hydroxylation is 1. The van der Waals surface area contributed by atoms with Gasteiger partial charge in [0.1, 0.15) is 5.69 Å². The lowest BCUT2D eigenvalue weighted by molar-refractivity contribution is 0.0690. The highest BCUT2D eigenvalue weighted by Gasteiger charge is 2.03. The van der Waals surface area contributed by atoms with Gasteiger partial charge in [-0.15, -0.1) is 6.58 Å². The van der Waals surface area contributed by atoms with E-state index >= 15 is 0 Å². The van der Waals surface area contributed by atoms with E-state index in [1.54, 1.807) is 12.1 Å². The smallest absolute Gasteiger partial charge is 0.354 e. The number of hydrogen-bond acceptors (Lipinski definition) is 2. The quantitative estimate of drug-likeness (QED) is 0.714. The molecule has 1 N–H and O–H groups in total. The number of nitrogens with zero attached hydrogens (tertiary/aromatic N) is 1. The van der Waals surface area contributed by atoms with Crippen LogP contribution in [-0.2, 0) is 6.42 Å². The van der Waals surface area contributed by atoms with Crippen molar-refractivity contribution in [1.29, 1.82) is 0 Å². The molecule has 1 aromatic heterocycles. The molecule has 68 valence electrons. The van der Waals surface area contributed by atoms with Gasteiger partial charge in [-0.1, -0.05) is 6.08 Å². The molecule has 0 spiro atoms. The maximum absolute atomic E-state index is 10.5. The van der Waals surface area contributed by atoms with E-state index in [-0.39, 0.29) is 5.69 Å². The number of allylic oxidation sites excluding steroid dienone is 1. The highest BCUT2D eigenvalue weighted by molar-refractivity contribution is 5.85. The van der Waals surface area contributed by atoms with E-state index in [4.69, 9.17) is 5.11 Å². The van der Waals surface area contributed by atoms with E-state index in [0.717, 1.165) is 18.4 Å². The molecule has 0 fully saturated rings. The van der Waals surface area contributed by atoms with E-state index in [9.17, 15) is 4.79 Å². The predicted octanol–water partition coefficient (Wildman–Crippen LogP) is 1.90. The van der Waals surface area contributed by atoms with Crippen LogP contribution in [0, 0.1) is 0 Å². The highest BCUT2D eigenvalue weighted by Crippen LogP contribution is 2.04. The van der Waals surface area contributed by atoms with Crippen LogP contribution in [0.3, 0.4) is 0 Å². The minimum absolute atomic E-state index is 0.0987. The Labute approximate surface area is 76.7 Å². The Bertz CT molecular complexity index is 320. The van der Waals surface area contributed by atoms with Crippen molar-refractivity contribution in [1.82, 2.24) is 4.98 Å². The van der Waals surface area contributed by atoms with Crippen molar-refractivity contribution < 1.29 is 9.90 Å². The Morgan fingerprint density at radius 2 is 2.46 bits per heavy atom. The van der Waals surface area contributed by atoms with Gasteiger partial charge in [0.15, 0.2) is 0 Å². The lowest BCUT2D eigenvalue weighted by Gasteiger charge is -1.98. The van der Waals surface area contributed by atoms with Crippen LogP contribution in [0.4, 0.5) is 0 Å². The maximum atomic E-state index is 10.5. The normalized spacial score (nSPS) is 9.54. The average Bonchev–Trinajstić information content (AvgIpc) is 2.15. The molecule has 0 atom stereocenters. The lowest BCUT2D eigenvalue weighted by Crippen LogP contribution is -2.00. The lowest BCUT2D eigenvalue weighted by atomic mass is 10.1. The van der Waals surface area contributed by atoms with Crippen LogP contribution in [0.2, 0.25) is 0 Å². The van der Waals surface area contributed by atoms with Crippen molar-refractivity contribution in [3.05, 3.63) is 42.2 Å². The van der Waals surface area contributed by atoms with Gasteiger partial charge in [-0.2, -0.15) is 0 Å². The summed E-state index contributed by atoms with van der Waals surface area (Å²) in [5.74, 6) is -0.986. The first-order valence-electron chi connectivity index (χ1n) is 4.03. The van der Waals surface area contributed by atoms with Crippen molar-refractivity contribution >= 4 is 5.97 Å². The molecule has 1 aromatic rings. The fraction of sp³-hybridized carbons (Fsp3) is 0.200. The molecule has 0 aliphatic carbocycles. The molecule has 0 radical (unpaired) electrons. The van der Waals surface area contributed by atoms with Crippen LogP contribution >= 0.6 is 0 Å². The molecule has 0 saturated heterocycles. The van der Waals surface area contributed by atoms with Crippen molar-refractivity contribution in [2.24, 2.45) is 0 Å². The molecule has 0 aliphatic rings. The Morgan fingerprint density at radius 3 is 3.08 bits per heavy atom. The topological polar surface area (TPSA) is 50.2 Å². The first-order valence-corrected chi connectivity index (χ1v) is 4.03. The summed E-state index contributed by atoms with van der Waals surface area (Å²) in [6.07, 6.45) is 4.98. The second-order valence-electron chi connectivity index (χ2n) is 2.68. The van der Waals surface area contributed by atoms with Crippen LogP contribution in [0.1, 0.15) is 22.5 Å². The van der Waals surface area contributed by atoms with E-state index in [1.807, 2.05) is 6.07 Å². The van der Waals surface area contributed by atoms with Crippen LogP contribution in [0.5, 0.6) is 0 Å². The van der Waals surface area contributed by atoms with Crippen LogP contribution in [-0.4, -0.2) is 16.1 Å². The van der Waals surface area contributed by atoms with Gasteiger partial charge in [-0.25, -0.2) is 9.78 Å². The maximum Gasteiger partial charge on any atom is 0.354 e. The third-order valence-corrected chi connectivity index (χ3v) is 1.68. The van der Waals surface area contributed by atoms with E-state index < -0.39 is 5.97 Å². The summed E-state index contributed by atoms with van der Waals surface area (Å²) in [4.78, 5) is 14.3. The van der Waals surface area contributed by atoms with Gasteiger partial charge >= 0.3 is 5.97 Å². The molecule has 0 aromatic carbocycles. The molecule has 0 unspecified atom stereocenters. The monoisotopic (exact) mass is 177 g/mol. The minimum atomic E-state index is -0.986. The largest absolute Gasteiger partial charge is 0.477 e. The van der Waals surface area contributed by atoms with Gasteiger partial charge < -0.3 is 5.11 Å². The minimum Gasteiger partial charge on any atom is -0.477 e. The van der Waals surface area contributed by atoms with Gasteiger partial charge in [-0.05, 0) is 30.5 Å². The molecule has 3 nitrogen and oxygen atoms in total. The second-order valence-corrected chi connectivity index (χ2v) is 2.68. The summed E-state index contributed by atoms with van der Waals surface area (Å²) in [7, 11) is 0. The van der Waals surface area contributed by atoms with E-state index in [1.165, 1.54) is 6.20 Å². The average molecular weight is 177 g/mol. The number of rotatable bonds is 4. The molecular weight excluding hydrogens is 166 g/mol. The molecule has 1 rings (SSSR count). The first-order chi connectivity index (χ1) is 6.24. The van der Waals surface area contributed by atoms with Crippen LogP contribution in [0.25, 0.3) is 0 Å². The number of aromatic nitrogens is 1. The SMILES string of the molecule is C=CCCc1ccnc(C(=O)O)c1. The Kier molecular flexibility index (Phi) is 3.20. The Morgan fingerprint density at radius 1 is 1.69 bits per heavy atom. The van der Waals surface area contributed by atoms with Crippen molar-refractivity contribution in [3.8, 4) is 0 Å². The van der Waals surface area contributed by atoms with Crippen molar-refractivity contribution in [3.63, 3.8) is 0 Å². The number of carboxylic acids is 1. The third-order valence-electron chi connectivity index (χ3n) is 1.68. The number of pyridine rings is 1. The zero-order valence-corrected chi connectivity index (χ0v) is 7.23. The molecule has 3 heteroatoms. The number of carbonyl (C=O) groups is 1. The zero-order chi connectivity index (χ0) is 9.68. The zero-order valence-electron chi connectivity index (χ0n) is 7.23. The summed E-state index contributed by atoms with van der Waals surface area (Å²) < 4.78 is 0. The highest BCUT2D eigenvalue weighted by atomic mass is 16.4. The molecular formula is C10H11NO2. The van der Waals surface area contributed by atoms with Gasteiger partial charge in [0.2, 0.25) is 0 Å². The summed E-state index contributed by atoms with van der Waals surface area (Å²) >= 11 is 0. The fourth-order valence-electron chi connectivity index (χ4n) is 1.02. The van der Waals surface area contributed by atoms with E-state index in [2.05, 4.69) is 11.6 Å².